The maximum Gasteiger partial charge on any atom is 0.0594 e. The van der Waals surface area contributed by atoms with Gasteiger partial charge in [-0.25, -0.2) is 0 Å². The fraction of sp³-hybridized carbons (Fsp3) is 0.684. The Hall–Kier alpha value is -0.750. The molecule has 0 spiro atoms. The van der Waals surface area contributed by atoms with Crippen LogP contribution in [0.5, 0.6) is 0 Å². The average molecular weight is 350 g/mol. The van der Waals surface area contributed by atoms with E-state index >= 15 is 0 Å². The summed E-state index contributed by atoms with van der Waals surface area (Å²) >= 11 is 2.10. The van der Waals surface area contributed by atoms with Crippen molar-refractivity contribution in [2.75, 3.05) is 63.3 Å². The number of thioether (sulfide) groups is 1. The quantitative estimate of drug-likeness (QED) is 0.852. The molecule has 3 rings (SSSR count). The Labute approximate surface area is 150 Å². The lowest BCUT2D eigenvalue weighted by Gasteiger charge is -2.43. The molecule has 4 nitrogen and oxygen atoms in total. The van der Waals surface area contributed by atoms with Crippen LogP contribution < -0.4 is 10.2 Å². The molecule has 0 amide bonds. The van der Waals surface area contributed by atoms with E-state index in [2.05, 4.69) is 72.2 Å². The normalized spacial score (nSPS) is 26.5. The first-order valence-electron chi connectivity index (χ1n) is 9.03. The summed E-state index contributed by atoms with van der Waals surface area (Å²) in [5.74, 6) is 2.52. The number of hydrogen-bond donors (Lipinski definition) is 1. The van der Waals surface area contributed by atoms with Crippen molar-refractivity contribution in [1.29, 1.82) is 0 Å². The van der Waals surface area contributed by atoms with Crippen molar-refractivity contribution in [3.8, 4) is 0 Å². The summed E-state index contributed by atoms with van der Waals surface area (Å²) in [4.78, 5) is 4.88. The highest BCUT2D eigenvalue weighted by Crippen LogP contribution is 2.34. The molecule has 5 heteroatoms. The van der Waals surface area contributed by atoms with Crippen LogP contribution in [0.15, 0.2) is 24.3 Å². The Morgan fingerprint density at radius 1 is 1.29 bits per heavy atom. The van der Waals surface area contributed by atoms with E-state index in [4.69, 9.17) is 4.74 Å². The van der Waals surface area contributed by atoms with E-state index in [0.29, 0.717) is 11.6 Å². The summed E-state index contributed by atoms with van der Waals surface area (Å²) in [7, 11) is 4.24. The van der Waals surface area contributed by atoms with Gasteiger partial charge in [0.05, 0.1) is 13.2 Å². The first-order valence-corrected chi connectivity index (χ1v) is 10.2. The van der Waals surface area contributed by atoms with Gasteiger partial charge in [0.2, 0.25) is 0 Å². The highest BCUT2D eigenvalue weighted by Gasteiger charge is 2.40. The molecule has 2 saturated heterocycles. The average Bonchev–Trinajstić information content (AvgIpc) is 3.10. The van der Waals surface area contributed by atoms with Crippen LogP contribution in [0.3, 0.4) is 0 Å². The molecule has 0 radical (unpaired) electrons. The highest BCUT2D eigenvalue weighted by molar-refractivity contribution is 7.99. The minimum Gasteiger partial charge on any atom is -0.379 e. The molecule has 1 aromatic carbocycles. The molecule has 2 heterocycles. The van der Waals surface area contributed by atoms with Crippen molar-refractivity contribution in [2.45, 2.75) is 24.9 Å². The third-order valence-electron chi connectivity index (χ3n) is 5.39. The molecule has 0 unspecified atom stereocenters. The number of nitrogens with one attached hydrogen (secondary N) is 1. The third kappa shape index (κ3) is 3.90. The van der Waals surface area contributed by atoms with Crippen LogP contribution in [-0.2, 0) is 4.74 Å². The fourth-order valence-electron chi connectivity index (χ4n) is 3.85. The number of anilines is 1. The van der Waals surface area contributed by atoms with Gasteiger partial charge in [-0.3, -0.25) is 4.90 Å². The molecule has 134 valence electrons. The first-order chi connectivity index (χ1) is 11.6. The summed E-state index contributed by atoms with van der Waals surface area (Å²) in [6, 6.07) is 9.07. The molecule has 0 aliphatic carbocycles. The molecule has 0 saturated carbocycles. The van der Waals surface area contributed by atoms with E-state index in [1.165, 1.54) is 29.2 Å². The van der Waals surface area contributed by atoms with Gasteiger partial charge in [-0.05, 0) is 30.7 Å². The Morgan fingerprint density at radius 3 is 2.71 bits per heavy atom. The maximum atomic E-state index is 5.57. The van der Waals surface area contributed by atoms with Gasteiger partial charge in [-0.1, -0.05) is 18.2 Å². The molecule has 0 aromatic heterocycles. The van der Waals surface area contributed by atoms with Gasteiger partial charge in [-0.15, -0.1) is 0 Å². The molecule has 2 fully saturated rings. The number of nitrogens with zero attached hydrogens (tertiary/aromatic N) is 2. The molecule has 1 N–H and O–H groups in total. The third-order valence-corrected chi connectivity index (χ3v) is 6.62. The second-order valence-corrected chi connectivity index (χ2v) is 8.29. The van der Waals surface area contributed by atoms with E-state index < -0.39 is 0 Å². The molecule has 2 aliphatic rings. The van der Waals surface area contributed by atoms with Crippen LogP contribution in [0, 0.1) is 0 Å². The molecule has 1 aromatic rings. The predicted octanol–water partition coefficient (Wildman–Crippen LogP) is 2.61. The lowest BCUT2D eigenvalue weighted by atomic mass is 9.94. The zero-order valence-corrected chi connectivity index (χ0v) is 16.1. The topological polar surface area (TPSA) is 27.7 Å². The second kappa shape index (κ2) is 8.09. The lowest BCUT2D eigenvalue weighted by Crippen LogP contribution is -2.58. The lowest BCUT2D eigenvalue weighted by molar-refractivity contribution is -0.0139. The zero-order chi connectivity index (χ0) is 17.0. The number of rotatable bonds is 6. The summed E-state index contributed by atoms with van der Waals surface area (Å²) in [6.07, 6.45) is 1.28. The summed E-state index contributed by atoms with van der Waals surface area (Å²) in [5.41, 5.74) is 2.99. The van der Waals surface area contributed by atoms with E-state index in [1.807, 2.05) is 0 Å². The van der Waals surface area contributed by atoms with Crippen LogP contribution in [0.1, 0.15) is 24.9 Å². The Morgan fingerprint density at radius 2 is 2.04 bits per heavy atom. The van der Waals surface area contributed by atoms with Crippen LogP contribution in [0.25, 0.3) is 0 Å². The van der Waals surface area contributed by atoms with Crippen molar-refractivity contribution in [2.24, 2.45) is 0 Å². The Bertz CT molecular complexity index is 525. The van der Waals surface area contributed by atoms with Crippen LogP contribution >= 0.6 is 11.8 Å². The molecular weight excluding hydrogens is 318 g/mol. The smallest absolute Gasteiger partial charge is 0.0594 e. The fourth-order valence-corrected chi connectivity index (χ4v) is 5.33. The zero-order valence-electron chi connectivity index (χ0n) is 15.3. The molecule has 0 bridgehead atoms. The molecule has 2 aliphatic heterocycles. The minimum atomic E-state index is 0.301. The van der Waals surface area contributed by atoms with Crippen molar-refractivity contribution in [3.63, 3.8) is 0 Å². The maximum absolute atomic E-state index is 5.57. The molecule has 2 atom stereocenters. The van der Waals surface area contributed by atoms with Gasteiger partial charge in [0, 0.05) is 56.8 Å². The number of para-hydroxylation sites is 1. The van der Waals surface area contributed by atoms with Crippen molar-refractivity contribution >= 4 is 17.4 Å². The van der Waals surface area contributed by atoms with Crippen LogP contribution in [-0.4, -0.2) is 68.9 Å². The second-order valence-electron chi connectivity index (χ2n) is 7.18. The first kappa shape index (κ1) is 18.1. The number of benzene rings is 1. The number of morpholine rings is 1. The van der Waals surface area contributed by atoms with Gasteiger partial charge in [0.1, 0.15) is 0 Å². The number of ether oxygens (including phenoxy) is 1. The van der Waals surface area contributed by atoms with Crippen molar-refractivity contribution in [1.82, 2.24) is 10.2 Å². The standard InChI is InChI=1S/C19H31N3OS/c1-16(17-6-4-5-7-18(17)21(2)3)20-14-19(8-13-24-15-19)22-9-11-23-12-10-22/h4-7,16,20H,8-15H2,1-3H3/t16-,19-/m1/s1. The summed E-state index contributed by atoms with van der Waals surface area (Å²) in [6.45, 7) is 7.26. The van der Waals surface area contributed by atoms with Gasteiger partial charge in [0.25, 0.3) is 0 Å². The monoisotopic (exact) mass is 349 g/mol. The minimum absolute atomic E-state index is 0.301. The summed E-state index contributed by atoms with van der Waals surface area (Å²) in [5, 5.41) is 3.85. The summed E-state index contributed by atoms with van der Waals surface area (Å²) < 4.78 is 5.57. The van der Waals surface area contributed by atoms with Gasteiger partial charge >= 0.3 is 0 Å². The van der Waals surface area contributed by atoms with Gasteiger partial charge in [-0.2, -0.15) is 11.8 Å². The van der Waals surface area contributed by atoms with E-state index in [9.17, 15) is 0 Å². The van der Waals surface area contributed by atoms with Gasteiger partial charge < -0.3 is 15.0 Å². The van der Waals surface area contributed by atoms with E-state index in [0.717, 1.165) is 32.8 Å². The van der Waals surface area contributed by atoms with Crippen molar-refractivity contribution in [3.05, 3.63) is 29.8 Å². The molecule has 24 heavy (non-hydrogen) atoms. The predicted molar refractivity (Wildman–Crippen MR) is 104 cm³/mol. The number of hydrogen-bond acceptors (Lipinski definition) is 5. The van der Waals surface area contributed by atoms with Gasteiger partial charge in [0.15, 0.2) is 0 Å². The van der Waals surface area contributed by atoms with E-state index in [-0.39, 0.29) is 0 Å². The van der Waals surface area contributed by atoms with Crippen LogP contribution in [0.4, 0.5) is 5.69 Å². The largest absolute Gasteiger partial charge is 0.379 e. The highest BCUT2D eigenvalue weighted by atomic mass is 32.2. The Balaban J connectivity index is 1.68. The Kier molecular flexibility index (Phi) is 6.08. The SMILES string of the molecule is C[C@@H](NC[C@]1(N2CCOCC2)CCSC1)c1ccccc1N(C)C. The molecular formula is C19H31N3OS. The van der Waals surface area contributed by atoms with E-state index in [1.54, 1.807) is 0 Å². The van der Waals surface area contributed by atoms with Crippen molar-refractivity contribution < 1.29 is 4.74 Å². The van der Waals surface area contributed by atoms with Crippen LogP contribution in [0.2, 0.25) is 0 Å².